The third-order valence-corrected chi connectivity index (χ3v) is 4.95. The van der Waals surface area contributed by atoms with Gasteiger partial charge in [-0.2, -0.15) is 0 Å². The Morgan fingerprint density at radius 3 is 2.11 bits per heavy atom. The van der Waals surface area contributed by atoms with E-state index in [2.05, 4.69) is 29.2 Å². The van der Waals surface area contributed by atoms with Crippen LogP contribution in [0.2, 0.25) is 0 Å². The van der Waals surface area contributed by atoms with Crippen LogP contribution in [0.1, 0.15) is 34.1 Å². The number of ketones is 1. The molecule has 4 rings (SSSR count). The highest BCUT2D eigenvalue weighted by Gasteiger charge is 2.21. The van der Waals surface area contributed by atoms with Crippen molar-refractivity contribution < 1.29 is 4.79 Å². The first-order chi connectivity index (χ1) is 13.8. The van der Waals surface area contributed by atoms with Gasteiger partial charge in [0.1, 0.15) is 0 Å². The molecule has 0 N–H and O–H groups in total. The van der Waals surface area contributed by atoms with Crippen LogP contribution in [-0.2, 0) is 6.42 Å². The van der Waals surface area contributed by atoms with E-state index in [0.717, 1.165) is 12.1 Å². The summed E-state index contributed by atoms with van der Waals surface area (Å²) in [6.45, 7) is 0. The molecule has 1 aromatic heterocycles. The Balaban J connectivity index is 1.61. The van der Waals surface area contributed by atoms with E-state index in [1.807, 2.05) is 77.5 Å². The van der Waals surface area contributed by atoms with Gasteiger partial charge in [-0.05, 0) is 35.6 Å². The van der Waals surface area contributed by atoms with Crippen molar-refractivity contribution in [3.8, 4) is 5.69 Å². The Labute approximate surface area is 165 Å². The smallest absolute Gasteiger partial charge is 0.199 e. The molecule has 0 aliphatic rings. The van der Waals surface area contributed by atoms with Gasteiger partial charge >= 0.3 is 0 Å². The minimum Gasteiger partial charge on any atom is -0.297 e. The number of carbonyl (C=O) groups is 1. The van der Waals surface area contributed by atoms with Crippen molar-refractivity contribution in [2.24, 2.45) is 0 Å². The van der Waals surface area contributed by atoms with Gasteiger partial charge in [-0.15, -0.1) is 0 Å². The number of nitrogens with zero attached hydrogens (tertiary/aromatic N) is 2. The largest absolute Gasteiger partial charge is 0.297 e. The maximum absolute atomic E-state index is 13.2. The summed E-state index contributed by atoms with van der Waals surface area (Å²) in [5.74, 6) is 0.649. The third kappa shape index (κ3) is 4.09. The predicted octanol–water partition coefficient (Wildman–Crippen LogP) is 5.47. The fraction of sp³-hybridized carbons (Fsp3) is 0.120. The summed E-state index contributed by atoms with van der Waals surface area (Å²) in [7, 11) is 0. The molecule has 3 nitrogen and oxygen atoms in total. The molecule has 1 heterocycles. The minimum absolute atomic E-state index is 0.0543. The fourth-order valence-corrected chi connectivity index (χ4v) is 3.55. The first-order valence-electron chi connectivity index (χ1n) is 9.52. The Kier molecular flexibility index (Phi) is 5.43. The molecule has 138 valence electrons. The average molecular weight is 366 g/mol. The van der Waals surface area contributed by atoms with Gasteiger partial charge in [0.05, 0.1) is 0 Å². The predicted molar refractivity (Wildman–Crippen MR) is 112 cm³/mol. The summed E-state index contributed by atoms with van der Waals surface area (Å²) >= 11 is 0. The lowest BCUT2D eigenvalue weighted by molar-refractivity contribution is 0.0962. The summed E-state index contributed by atoms with van der Waals surface area (Å²) < 4.78 is 1.87. The summed E-state index contributed by atoms with van der Waals surface area (Å²) in [6, 6.07) is 30.5. The van der Waals surface area contributed by atoms with Gasteiger partial charge in [0, 0.05) is 24.5 Å². The maximum Gasteiger partial charge on any atom is 0.199 e. The topological polar surface area (TPSA) is 34.9 Å². The van der Waals surface area contributed by atoms with Crippen LogP contribution in [0.25, 0.3) is 5.69 Å². The van der Waals surface area contributed by atoms with E-state index in [4.69, 9.17) is 0 Å². The number of aromatic nitrogens is 2. The SMILES string of the molecule is O=C(C[C@@H](Cc1ccccc1)c1ccccc1)c1nccn1-c1ccccc1. The molecule has 0 fully saturated rings. The number of rotatable bonds is 7. The number of hydrogen-bond donors (Lipinski definition) is 0. The molecule has 3 heteroatoms. The van der Waals surface area contributed by atoms with Crippen molar-refractivity contribution in [3.05, 3.63) is 120 Å². The summed E-state index contributed by atoms with van der Waals surface area (Å²) in [5.41, 5.74) is 3.36. The molecule has 0 bridgehead atoms. The third-order valence-electron chi connectivity index (χ3n) is 4.95. The van der Waals surface area contributed by atoms with E-state index in [1.165, 1.54) is 11.1 Å². The molecule has 28 heavy (non-hydrogen) atoms. The molecule has 0 radical (unpaired) electrons. The second-order valence-electron chi connectivity index (χ2n) is 6.88. The number of carbonyl (C=O) groups excluding carboxylic acids is 1. The van der Waals surface area contributed by atoms with Gasteiger partial charge in [-0.25, -0.2) is 4.98 Å². The molecule has 0 unspecified atom stereocenters. The van der Waals surface area contributed by atoms with Gasteiger partial charge in [-0.3, -0.25) is 9.36 Å². The van der Waals surface area contributed by atoms with E-state index in [1.54, 1.807) is 6.20 Å². The van der Waals surface area contributed by atoms with Gasteiger partial charge < -0.3 is 0 Å². The van der Waals surface area contributed by atoms with Crippen molar-refractivity contribution in [3.63, 3.8) is 0 Å². The van der Waals surface area contributed by atoms with E-state index >= 15 is 0 Å². The molecule has 3 aromatic carbocycles. The number of benzene rings is 3. The monoisotopic (exact) mass is 366 g/mol. The standard InChI is InChI=1S/C25H22N2O/c28-24(25-26-16-17-27(25)23-14-8-3-9-15-23)19-22(21-12-6-2-7-13-21)18-20-10-4-1-5-11-20/h1-17,22H,18-19H2/t22-/m1/s1. The highest BCUT2D eigenvalue weighted by molar-refractivity contribution is 5.94. The van der Waals surface area contributed by atoms with Crippen LogP contribution in [0.4, 0.5) is 0 Å². The summed E-state index contributed by atoms with van der Waals surface area (Å²) in [6.07, 6.45) is 4.78. The fourth-order valence-electron chi connectivity index (χ4n) is 3.55. The number of imidazole rings is 1. The highest BCUT2D eigenvalue weighted by atomic mass is 16.1. The lowest BCUT2D eigenvalue weighted by atomic mass is 9.87. The van der Waals surface area contributed by atoms with Gasteiger partial charge in [0.2, 0.25) is 0 Å². The number of hydrogen-bond acceptors (Lipinski definition) is 2. The lowest BCUT2D eigenvalue weighted by Crippen LogP contribution is -2.14. The van der Waals surface area contributed by atoms with Crippen molar-refractivity contribution in [1.29, 1.82) is 0 Å². The molecule has 0 amide bonds. The molecule has 4 aromatic rings. The molecule has 0 aliphatic carbocycles. The van der Waals surface area contributed by atoms with E-state index in [0.29, 0.717) is 12.2 Å². The van der Waals surface area contributed by atoms with Crippen LogP contribution < -0.4 is 0 Å². The summed E-state index contributed by atoms with van der Waals surface area (Å²) in [4.78, 5) is 17.6. The van der Waals surface area contributed by atoms with Crippen LogP contribution >= 0.6 is 0 Å². The number of Topliss-reactive ketones (excluding diaryl/α,β-unsaturated/α-hetero) is 1. The van der Waals surface area contributed by atoms with Crippen LogP contribution in [-0.4, -0.2) is 15.3 Å². The first-order valence-corrected chi connectivity index (χ1v) is 9.52. The molecule has 0 saturated heterocycles. The van der Waals surface area contributed by atoms with Crippen LogP contribution in [0.3, 0.4) is 0 Å². The summed E-state index contributed by atoms with van der Waals surface area (Å²) in [5, 5.41) is 0. The minimum atomic E-state index is 0.0543. The van der Waals surface area contributed by atoms with Crippen LogP contribution in [0, 0.1) is 0 Å². The normalized spacial score (nSPS) is 11.9. The van der Waals surface area contributed by atoms with Crippen molar-refractivity contribution in [2.75, 3.05) is 0 Å². The second kappa shape index (κ2) is 8.49. The van der Waals surface area contributed by atoms with E-state index < -0.39 is 0 Å². The zero-order valence-electron chi connectivity index (χ0n) is 15.6. The van der Waals surface area contributed by atoms with Gasteiger partial charge in [-0.1, -0.05) is 78.9 Å². The Hall–Kier alpha value is -3.46. The molecule has 0 spiro atoms. The Bertz CT molecular complexity index is 1020. The average Bonchev–Trinajstić information content (AvgIpc) is 3.25. The van der Waals surface area contributed by atoms with Crippen LogP contribution in [0.15, 0.2) is 103 Å². The quantitative estimate of drug-likeness (QED) is 0.406. The molecular formula is C25H22N2O. The first kappa shape index (κ1) is 17.9. The molecule has 1 atom stereocenters. The molecule has 0 aliphatic heterocycles. The van der Waals surface area contributed by atoms with Gasteiger partial charge in [0.15, 0.2) is 11.6 Å². The van der Waals surface area contributed by atoms with Crippen molar-refractivity contribution in [1.82, 2.24) is 9.55 Å². The highest BCUT2D eigenvalue weighted by Crippen LogP contribution is 2.26. The zero-order chi connectivity index (χ0) is 19.2. The molecular weight excluding hydrogens is 344 g/mol. The number of para-hydroxylation sites is 1. The van der Waals surface area contributed by atoms with Crippen LogP contribution in [0.5, 0.6) is 0 Å². The van der Waals surface area contributed by atoms with Crippen molar-refractivity contribution >= 4 is 5.78 Å². The van der Waals surface area contributed by atoms with Gasteiger partial charge in [0.25, 0.3) is 0 Å². The molecule has 0 saturated carbocycles. The second-order valence-corrected chi connectivity index (χ2v) is 6.88. The maximum atomic E-state index is 13.2. The van der Waals surface area contributed by atoms with E-state index in [-0.39, 0.29) is 11.7 Å². The Morgan fingerprint density at radius 1 is 0.821 bits per heavy atom. The Morgan fingerprint density at radius 2 is 1.43 bits per heavy atom. The van der Waals surface area contributed by atoms with E-state index in [9.17, 15) is 4.79 Å². The zero-order valence-corrected chi connectivity index (χ0v) is 15.6. The van der Waals surface area contributed by atoms with Crippen molar-refractivity contribution in [2.45, 2.75) is 18.8 Å². The lowest BCUT2D eigenvalue weighted by Gasteiger charge is -2.17.